The molecule has 1 unspecified atom stereocenters. The maximum atomic E-state index is 11.5. The van der Waals surface area contributed by atoms with E-state index in [1.54, 1.807) is 13.8 Å². The van der Waals surface area contributed by atoms with E-state index >= 15 is 0 Å². The number of aliphatic hydroxyl groups excluding tert-OH is 1. The van der Waals surface area contributed by atoms with E-state index in [9.17, 15) is 14.4 Å². The van der Waals surface area contributed by atoms with Crippen LogP contribution in [-0.2, 0) is 11.2 Å². The zero-order valence-corrected chi connectivity index (χ0v) is 11.1. The lowest BCUT2D eigenvalue weighted by Crippen LogP contribution is -2.30. The van der Waals surface area contributed by atoms with Gasteiger partial charge in [0.1, 0.15) is 0 Å². The van der Waals surface area contributed by atoms with E-state index in [0.29, 0.717) is 24.2 Å². The normalized spacial score (nSPS) is 12.2. The first-order valence-corrected chi connectivity index (χ1v) is 6.17. The fourth-order valence-electron chi connectivity index (χ4n) is 1.67. The number of carbonyl (C=O) groups is 1. The van der Waals surface area contributed by atoms with Crippen LogP contribution in [-0.4, -0.2) is 33.6 Å². The third-order valence-corrected chi connectivity index (χ3v) is 2.74. The zero-order valence-electron chi connectivity index (χ0n) is 11.1. The number of amides is 1. The topological polar surface area (TPSA) is 115 Å². The van der Waals surface area contributed by atoms with Crippen LogP contribution in [0.1, 0.15) is 31.0 Å². The highest BCUT2D eigenvalue weighted by Gasteiger charge is 2.09. The standard InChI is InChI=1S/C12H19N3O4/c1-7(16)5-6-13-10(17)4-3-9-8(2)14-12(19)15-11(9)18/h7,16H,3-6H2,1-2H3,(H,13,17)(H2,14,15,18,19). The van der Waals surface area contributed by atoms with Gasteiger partial charge in [0.15, 0.2) is 0 Å². The van der Waals surface area contributed by atoms with Crippen molar-refractivity contribution in [3.05, 3.63) is 32.1 Å². The molecule has 0 bridgehead atoms. The predicted molar refractivity (Wildman–Crippen MR) is 70.0 cm³/mol. The smallest absolute Gasteiger partial charge is 0.325 e. The van der Waals surface area contributed by atoms with Gasteiger partial charge in [0, 0.05) is 24.2 Å². The maximum Gasteiger partial charge on any atom is 0.325 e. The Hall–Kier alpha value is -1.89. The van der Waals surface area contributed by atoms with Crippen LogP contribution in [0.5, 0.6) is 0 Å². The molecule has 19 heavy (non-hydrogen) atoms. The minimum absolute atomic E-state index is 0.162. The Kier molecular flexibility index (Phi) is 5.50. The average Bonchev–Trinajstić information content (AvgIpc) is 2.26. The molecule has 0 saturated heterocycles. The molecule has 4 N–H and O–H groups in total. The molecule has 0 aliphatic heterocycles. The second-order valence-electron chi connectivity index (χ2n) is 4.50. The van der Waals surface area contributed by atoms with Crippen LogP contribution in [0.15, 0.2) is 9.59 Å². The molecular formula is C12H19N3O4. The number of H-pyrrole nitrogens is 2. The van der Waals surface area contributed by atoms with Crippen molar-refractivity contribution in [2.75, 3.05) is 6.54 Å². The second kappa shape index (κ2) is 6.89. The van der Waals surface area contributed by atoms with E-state index in [-0.39, 0.29) is 18.7 Å². The van der Waals surface area contributed by atoms with Crippen molar-refractivity contribution in [3.63, 3.8) is 0 Å². The van der Waals surface area contributed by atoms with Gasteiger partial charge in [-0.2, -0.15) is 0 Å². The summed E-state index contributed by atoms with van der Waals surface area (Å²) in [5.74, 6) is -0.189. The number of carbonyl (C=O) groups excluding carboxylic acids is 1. The van der Waals surface area contributed by atoms with Gasteiger partial charge in [0.2, 0.25) is 5.91 Å². The molecule has 106 valence electrons. The molecule has 0 aliphatic carbocycles. The minimum atomic E-state index is -0.548. The van der Waals surface area contributed by atoms with Crippen molar-refractivity contribution in [2.45, 2.75) is 39.2 Å². The van der Waals surface area contributed by atoms with Gasteiger partial charge in [-0.3, -0.25) is 14.6 Å². The van der Waals surface area contributed by atoms with Gasteiger partial charge in [-0.1, -0.05) is 0 Å². The van der Waals surface area contributed by atoms with Gasteiger partial charge in [0.05, 0.1) is 6.10 Å². The quantitative estimate of drug-likeness (QED) is 0.540. The SMILES string of the molecule is Cc1[nH]c(=O)[nH]c(=O)c1CCC(=O)NCCC(C)O. The number of rotatable bonds is 6. The summed E-state index contributed by atoms with van der Waals surface area (Å²) in [5.41, 5.74) is -0.124. The number of hydrogen-bond acceptors (Lipinski definition) is 4. The fourth-order valence-corrected chi connectivity index (χ4v) is 1.67. The molecular weight excluding hydrogens is 250 g/mol. The van der Waals surface area contributed by atoms with E-state index in [4.69, 9.17) is 5.11 Å². The fraction of sp³-hybridized carbons (Fsp3) is 0.583. The molecule has 1 amide bonds. The highest BCUT2D eigenvalue weighted by molar-refractivity contribution is 5.76. The van der Waals surface area contributed by atoms with Gasteiger partial charge in [-0.05, 0) is 26.7 Å². The number of nitrogens with one attached hydrogen (secondary N) is 3. The van der Waals surface area contributed by atoms with Crippen LogP contribution in [0.2, 0.25) is 0 Å². The van der Waals surface area contributed by atoms with E-state index in [2.05, 4.69) is 15.3 Å². The van der Waals surface area contributed by atoms with E-state index < -0.39 is 17.4 Å². The highest BCUT2D eigenvalue weighted by Crippen LogP contribution is 1.99. The van der Waals surface area contributed by atoms with Crippen molar-refractivity contribution in [1.29, 1.82) is 0 Å². The molecule has 1 atom stereocenters. The van der Waals surface area contributed by atoms with Crippen LogP contribution in [0.25, 0.3) is 0 Å². The Morgan fingerprint density at radius 3 is 2.63 bits per heavy atom. The predicted octanol–water partition coefficient (Wildman–Crippen LogP) is -0.809. The molecule has 0 fully saturated rings. The van der Waals surface area contributed by atoms with Crippen molar-refractivity contribution >= 4 is 5.91 Å². The maximum absolute atomic E-state index is 11.5. The molecule has 1 heterocycles. The first-order chi connectivity index (χ1) is 8.90. The lowest BCUT2D eigenvalue weighted by molar-refractivity contribution is -0.121. The van der Waals surface area contributed by atoms with Crippen molar-refractivity contribution in [2.24, 2.45) is 0 Å². The molecule has 0 aliphatic rings. The Morgan fingerprint density at radius 1 is 1.37 bits per heavy atom. The second-order valence-corrected chi connectivity index (χ2v) is 4.50. The Labute approximate surface area is 110 Å². The largest absolute Gasteiger partial charge is 0.393 e. The Morgan fingerprint density at radius 2 is 2.05 bits per heavy atom. The molecule has 1 rings (SSSR count). The Bertz CT molecular complexity index is 545. The molecule has 7 nitrogen and oxygen atoms in total. The van der Waals surface area contributed by atoms with Gasteiger partial charge in [-0.15, -0.1) is 0 Å². The molecule has 1 aromatic heterocycles. The van der Waals surface area contributed by atoms with Crippen LogP contribution >= 0.6 is 0 Å². The Balaban J connectivity index is 2.51. The summed E-state index contributed by atoms with van der Waals surface area (Å²) in [5, 5.41) is 11.7. The molecule has 0 aromatic carbocycles. The minimum Gasteiger partial charge on any atom is -0.393 e. The van der Waals surface area contributed by atoms with Gasteiger partial charge in [0.25, 0.3) is 5.56 Å². The lowest BCUT2D eigenvalue weighted by atomic mass is 10.1. The van der Waals surface area contributed by atoms with E-state index in [0.717, 1.165) is 0 Å². The summed E-state index contributed by atoms with van der Waals surface area (Å²) in [6, 6.07) is 0. The number of aromatic nitrogens is 2. The number of aromatic amines is 2. The third-order valence-electron chi connectivity index (χ3n) is 2.74. The van der Waals surface area contributed by atoms with Crippen molar-refractivity contribution < 1.29 is 9.90 Å². The summed E-state index contributed by atoms with van der Waals surface area (Å²) in [4.78, 5) is 38.7. The average molecular weight is 269 g/mol. The zero-order chi connectivity index (χ0) is 14.4. The molecule has 1 aromatic rings. The van der Waals surface area contributed by atoms with Crippen molar-refractivity contribution in [1.82, 2.24) is 15.3 Å². The van der Waals surface area contributed by atoms with Crippen LogP contribution in [0.3, 0.4) is 0 Å². The van der Waals surface area contributed by atoms with Gasteiger partial charge in [-0.25, -0.2) is 4.79 Å². The molecule has 0 saturated carbocycles. The van der Waals surface area contributed by atoms with Crippen LogP contribution in [0.4, 0.5) is 0 Å². The van der Waals surface area contributed by atoms with Crippen LogP contribution in [0, 0.1) is 6.92 Å². The first-order valence-electron chi connectivity index (χ1n) is 6.17. The lowest BCUT2D eigenvalue weighted by Gasteiger charge is -2.07. The number of hydrogen-bond donors (Lipinski definition) is 4. The molecule has 0 radical (unpaired) electrons. The van der Waals surface area contributed by atoms with E-state index in [1.807, 2.05) is 0 Å². The summed E-state index contributed by atoms with van der Waals surface area (Å²) < 4.78 is 0. The number of aryl methyl sites for hydroxylation is 1. The van der Waals surface area contributed by atoms with Crippen LogP contribution < -0.4 is 16.6 Å². The highest BCUT2D eigenvalue weighted by atomic mass is 16.3. The summed E-state index contributed by atoms with van der Waals surface area (Å²) in [6.07, 6.45) is 0.461. The summed E-state index contributed by atoms with van der Waals surface area (Å²) in [7, 11) is 0. The molecule has 7 heteroatoms. The van der Waals surface area contributed by atoms with Gasteiger partial charge >= 0.3 is 5.69 Å². The third kappa shape index (κ3) is 5.09. The van der Waals surface area contributed by atoms with Gasteiger partial charge < -0.3 is 15.4 Å². The molecule has 0 spiro atoms. The summed E-state index contributed by atoms with van der Waals surface area (Å²) >= 11 is 0. The first kappa shape index (κ1) is 15.2. The number of aliphatic hydroxyl groups is 1. The van der Waals surface area contributed by atoms with E-state index in [1.165, 1.54) is 0 Å². The monoisotopic (exact) mass is 269 g/mol. The summed E-state index contributed by atoms with van der Waals surface area (Å²) in [6.45, 7) is 3.67. The van der Waals surface area contributed by atoms with Crippen molar-refractivity contribution in [3.8, 4) is 0 Å².